The second-order valence-corrected chi connectivity index (χ2v) is 5.24. The van der Waals surface area contributed by atoms with E-state index in [0.29, 0.717) is 31.8 Å². The highest BCUT2D eigenvalue weighted by atomic mass is 19.1. The maximum absolute atomic E-state index is 14.1. The molecule has 5 nitrogen and oxygen atoms in total. The second-order valence-electron chi connectivity index (χ2n) is 5.24. The van der Waals surface area contributed by atoms with Gasteiger partial charge in [-0.1, -0.05) is 6.07 Å². The number of hydrogen-bond donors (Lipinski definition) is 2. The van der Waals surface area contributed by atoms with Crippen molar-refractivity contribution in [2.75, 3.05) is 38.3 Å². The van der Waals surface area contributed by atoms with Crippen molar-refractivity contribution in [3.05, 3.63) is 29.6 Å². The summed E-state index contributed by atoms with van der Waals surface area (Å²) in [5, 5.41) is 3.16. The predicted octanol–water partition coefficient (Wildman–Crippen LogP) is 0.873. The van der Waals surface area contributed by atoms with Crippen LogP contribution in [0.4, 0.5) is 10.1 Å². The molecule has 1 aliphatic rings. The summed E-state index contributed by atoms with van der Waals surface area (Å²) < 4.78 is 19.0. The first kappa shape index (κ1) is 15.7. The molecule has 0 aromatic heterocycles. The van der Waals surface area contributed by atoms with Crippen LogP contribution >= 0.6 is 0 Å². The monoisotopic (exact) mass is 295 g/mol. The van der Waals surface area contributed by atoms with Crippen LogP contribution in [0.2, 0.25) is 0 Å². The molecule has 1 atom stereocenters. The van der Waals surface area contributed by atoms with E-state index in [1.165, 1.54) is 6.07 Å². The average Bonchev–Trinajstić information content (AvgIpc) is 2.94. The van der Waals surface area contributed by atoms with Crippen LogP contribution in [0, 0.1) is 11.7 Å². The Morgan fingerprint density at radius 2 is 2.38 bits per heavy atom. The molecule has 0 bridgehead atoms. The molecule has 3 N–H and O–H groups in total. The lowest BCUT2D eigenvalue weighted by molar-refractivity contribution is -0.121. The van der Waals surface area contributed by atoms with Crippen molar-refractivity contribution in [2.24, 2.45) is 11.7 Å². The highest BCUT2D eigenvalue weighted by Gasteiger charge is 2.28. The fraction of sp³-hybridized carbons (Fsp3) is 0.533. The molecule has 2 rings (SSSR count). The number of amides is 1. The molecule has 1 amide bonds. The first-order valence-corrected chi connectivity index (χ1v) is 7.14. The van der Waals surface area contributed by atoms with E-state index in [1.807, 2.05) is 11.0 Å². The molecule has 0 aliphatic carbocycles. The molecule has 1 saturated heterocycles. The van der Waals surface area contributed by atoms with Gasteiger partial charge in [0.05, 0.1) is 12.5 Å². The maximum atomic E-state index is 14.1. The zero-order chi connectivity index (χ0) is 15.2. The van der Waals surface area contributed by atoms with Crippen molar-refractivity contribution in [3.8, 4) is 0 Å². The van der Waals surface area contributed by atoms with Crippen LogP contribution in [0.25, 0.3) is 0 Å². The maximum Gasteiger partial charge on any atom is 0.222 e. The van der Waals surface area contributed by atoms with E-state index >= 15 is 0 Å². The highest BCUT2D eigenvalue weighted by molar-refractivity contribution is 5.78. The second kappa shape index (κ2) is 7.38. The lowest BCUT2D eigenvalue weighted by Crippen LogP contribution is -2.28. The van der Waals surface area contributed by atoms with Gasteiger partial charge in [0.1, 0.15) is 5.82 Å². The number of nitrogens with one attached hydrogen (secondary N) is 1. The van der Waals surface area contributed by atoms with E-state index in [9.17, 15) is 9.18 Å². The Balaban J connectivity index is 2.08. The van der Waals surface area contributed by atoms with E-state index < -0.39 is 0 Å². The molecule has 1 fully saturated rings. The molecular weight excluding hydrogens is 273 g/mol. The zero-order valence-corrected chi connectivity index (χ0v) is 12.3. The minimum Gasteiger partial charge on any atom is -0.383 e. The topological polar surface area (TPSA) is 67.6 Å². The van der Waals surface area contributed by atoms with Gasteiger partial charge in [0.15, 0.2) is 0 Å². The molecule has 21 heavy (non-hydrogen) atoms. The summed E-state index contributed by atoms with van der Waals surface area (Å²) in [4.78, 5) is 13.3. The zero-order valence-electron chi connectivity index (χ0n) is 12.3. The lowest BCUT2D eigenvalue weighted by Gasteiger charge is -2.22. The fourth-order valence-corrected chi connectivity index (χ4v) is 2.62. The molecule has 1 heterocycles. The molecule has 0 spiro atoms. The highest BCUT2D eigenvalue weighted by Crippen LogP contribution is 2.28. The van der Waals surface area contributed by atoms with E-state index in [0.717, 1.165) is 18.7 Å². The Bertz CT molecular complexity index is 496. The smallest absolute Gasteiger partial charge is 0.222 e. The van der Waals surface area contributed by atoms with Gasteiger partial charge in [0, 0.05) is 44.5 Å². The summed E-state index contributed by atoms with van der Waals surface area (Å²) in [6, 6.07) is 5.04. The predicted molar refractivity (Wildman–Crippen MR) is 79.5 cm³/mol. The van der Waals surface area contributed by atoms with Gasteiger partial charge in [-0.25, -0.2) is 4.39 Å². The number of methoxy groups -OCH3 is 1. The van der Waals surface area contributed by atoms with Gasteiger partial charge in [-0.3, -0.25) is 4.79 Å². The lowest BCUT2D eigenvalue weighted by atomic mass is 10.1. The van der Waals surface area contributed by atoms with E-state index in [-0.39, 0.29) is 17.6 Å². The molecule has 1 aromatic rings. The third-order valence-corrected chi connectivity index (χ3v) is 3.81. The minimum atomic E-state index is -0.284. The van der Waals surface area contributed by atoms with Crippen molar-refractivity contribution in [2.45, 2.75) is 13.0 Å². The number of nitrogens with zero attached hydrogens (tertiary/aromatic N) is 1. The van der Waals surface area contributed by atoms with Gasteiger partial charge >= 0.3 is 0 Å². The molecule has 0 saturated carbocycles. The summed E-state index contributed by atoms with van der Waals surface area (Å²) in [7, 11) is 1.63. The quantitative estimate of drug-likeness (QED) is 0.733. The summed E-state index contributed by atoms with van der Waals surface area (Å²) in [5.41, 5.74) is 6.81. The van der Waals surface area contributed by atoms with Gasteiger partial charge in [-0.2, -0.15) is 0 Å². The Morgan fingerprint density at radius 3 is 3.05 bits per heavy atom. The molecule has 1 aromatic carbocycles. The minimum absolute atomic E-state index is 0.150. The third-order valence-electron chi connectivity index (χ3n) is 3.81. The van der Waals surface area contributed by atoms with Gasteiger partial charge in [-0.05, 0) is 18.6 Å². The Morgan fingerprint density at radius 1 is 1.57 bits per heavy atom. The van der Waals surface area contributed by atoms with Crippen LogP contribution in [0.1, 0.15) is 12.0 Å². The largest absolute Gasteiger partial charge is 0.383 e. The van der Waals surface area contributed by atoms with Crippen molar-refractivity contribution >= 4 is 11.6 Å². The first-order valence-electron chi connectivity index (χ1n) is 7.14. The van der Waals surface area contributed by atoms with Gasteiger partial charge in [0.2, 0.25) is 5.91 Å². The number of hydrogen-bond acceptors (Lipinski definition) is 4. The molecule has 6 heteroatoms. The van der Waals surface area contributed by atoms with Crippen molar-refractivity contribution in [3.63, 3.8) is 0 Å². The Kier molecular flexibility index (Phi) is 5.52. The first-order chi connectivity index (χ1) is 10.1. The number of nitrogens with two attached hydrogens (primary N) is 1. The molecule has 116 valence electrons. The Hall–Kier alpha value is -1.66. The number of carbonyl (C=O) groups is 1. The molecular formula is C15H22FN3O2. The van der Waals surface area contributed by atoms with Crippen LogP contribution in [-0.2, 0) is 16.1 Å². The van der Waals surface area contributed by atoms with Gasteiger partial charge in [-0.15, -0.1) is 0 Å². The number of benzene rings is 1. The molecule has 0 radical (unpaired) electrons. The summed E-state index contributed by atoms with van der Waals surface area (Å²) in [6.07, 6.45) is 0.725. The van der Waals surface area contributed by atoms with E-state index in [2.05, 4.69) is 5.32 Å². The van der Waals surface area contributed by atoms with Crippen LogP contribution in [0.3, 0.4) is 0 Å². The molecule has 1 unspecified atom stereocenters. The Labute approximate surface area is 124 Å². The normalized spacial score (nSPS) is 18.2. The summed E-state index contributed by atoms with van der Waals surface area (Å²) in [6.45, 7) is 2.96. The average molecular weight is 295 g/mol. The number of rotatable bonds is 7. The summed E-state index contributed by atoms with van der Waals surface area (Å²) >= 11 is 0. The SMILES string of the molecule is COCCNCc1c(F)cccc1N1CCC(C(N)=O)C1. The number of carbonyl (C=O) groups excluding carboxylic acids is 1. The number of anilines is 1. The van der Waals surface area contributed by atoms with Crippen molar-refractivity contribution in [1.82, 2.24) is 5.32 Å². The van der Waals surface area contributed by atoms with Crippen molar-refractivity contribution in [1.29, 1.82) is 0 Å². The number of ether oxygens (including phenoxy) is 1. The van der Waals surface area contributed by atoms with Gasteiger partial charge < -0.3 is 20.7 Å². The van der Waals surface area contributed by atoms with Crippen LogP contribution < -0.4 is 16.0 Å². The molecule has 1 aliphatic heterocycles. The summed E-state index contributed by atoms with van der Waals surface area (Å²) in [5.74, 6) is -0.670. The third kappa shape index (κ3) is 3.92. The van der Waals surface area contributed by atoms with Crippen LogP contribution in [0.15, 0.2) is 18.2 Å². The van der Waals surface area contributed by atoms with Crippen molar-refractivity contribution < 1.29 is 13.9 Å². The number of primary amides is 1. The van der Waals surface area contributed by atoms with Crippen LogP contribution in [0.5, 0.6) is 0 Å². The van der Waals surface area contributed by atoms with E-state index in [4.69, 9.17) is 10.5 Å². The standard InChI is InChI=1S/C15H22FN3O2/c1-21-8-6-18-9-12-13(16)3-2-4-14(12)19-7-5-11(10-19)15(17)20/h2-4,11,18H,5-10H2,1H3,(H2,17,20). The number of halogens is 1. The van der Waals surface area contributed by atoms with E-state index in [1.54, 1.807) is 13.2 Å². The van der Waals surface area contributed by atoms with Gasteiger partial charge in [0.25, 0.3) is 0 Å². The fourth-order valence-electron chi connectivity index (χ4n) is 2.62. The van der Waals surface area contributed by atoms with Crippen LogP contribution in [-0.4, -0.2) is 39.3 Å².